The summed E-state index contributed by atoms with van der Waals surface area (Å²) in [5, 5.41) is 25.8. The maximum Gasteiger partial charge on any atom is 0.322 e. The Morgan fingerprint density at radius 1 is 1.07 bits per heavy atom. The largest absolute Gasteiger partial charge is 0.497 e. The molecule has 3 N–H and O–H groups in total. The molecule has 1 saturated heterocycles. The number of hydrogen-bond donors (Lipinski definition) is 3. The lowest BCUT2D eigenvalue weighted by molar-refractivity contribution is -0.0985. The van der Waals surface area contributed by atoms with Crippen molar-refractivity contribution in [2.75, 3.05) is 32.1 Å². The monoisotopic (exact) mass is 550 g/mol. The van der Waals surface area contributed by atoms with E-state index in [2.05, 4.69) is 31.3 Å². The maximum atomic E-state index is 13.7. The fraction of sp³-hybridized carbons (Fsp3) is 0.667. The molecule has 1 aromatic carbocycles. The SMILES string of the molecule is COc1ccc(NC(=O)N(C[C@H]2CCCO2)C[C@]2(O)CC[C@H]3C4=CC=C5C[C@@H](O)CC[C@]5(C)[C@H]4CC[C@@]32C)cc1. The standard InChI is InChI=1S/C33H46N2O5/c1-31-15-12-24(36)19-22(31)6-11-27-28(31)13-16-32(2)29(27)14-17-33(32,38)21-35(20-26-5-4-18-40-26)30(37)34-23-7-9-25(39-3)10-8-23/h6-11,24,26,28-29,36,38H,4-5,12-21H2,1-3H3,(H,34,37)/t24-,26+,28-,29-,31-,32-,33+/m0/s1. The summed E-state index contributed by atoms with van der Waals surface area (Å²) in [7, 11) is 1.62. The van der Waals surface area contributed by atoms with E-state index in [4.69, 9.17) is 9.47 Å². The first-order valence-electron chi connectivity index (χ1n) is 15.3. The van der Waals surface area contributed by atoms with Gasteiger partial charge in [0.15, 0.2) is 0 Å². The van der Waals surface area contributed by atoms with Gasteiger partial charge in [0.2, 0.25) is 0 Å². The van der Waals surface area contributed by atoms with Gasteiger partial charge in [0.25, 0.3) is 0 Å². The fourth-order valence-corrected chi connectivity index (χ4v) is 8.80. The first-order chi connectivity index (χ1) is 19.1. The Bertz CT molecular complexity index is 1170. The van der Waals surface area contributed by atoms with Gasteiger partial charge < -0.3 is 29.9 Å². The van der Waals surface area contributed by atoms with Crippen molar-refractivity contribution < 1.29 is 24.5 Å². The molecular formula is C33H46N2O5. The molecule has 5 aliphatic rings. The zero-order valence-electron chi connectivity index (χ0n) is 24.3. The number of ether oxygens (including phenoxy) is 2. The summed E-state index contributed by atoms with van der Waals surface area (Å²) >= 11 is 0. The lowest BCUT2D eigenvalue weighted by Crippen LogP contribution is -2.58. The molecule has 0 unspecified atom stereocenters. The van der Waals surface area contributed by atoms with Gasteiger partial charge in [-0.3, -0.25) is 0 Å². The van der Waals surface area contributed by atoms with Gasteiger partial charge in [0.05, 0.1) is 31.5 Å². The number of nitrogens with zero attached hydrogens (tertiary/aromatic N) is 1. The molecule has 0 aromatic heterocycles. The zero-order valence-corrected chi connectivity index (χ0v) is 24.3. The summed E-state index contributed by atoms with van der Waals surface area (Å²) in [6, 6.07) is 7.14. The van der Waals surface area contributed by atoms with Crippen molar-refractivity contribution in [3.63, 3.8) is 0 Å². The molecule has 40 heavy (non-hydrogen) atoms. The third kappa shape index (κ3) is 4.68. The van der Waals surface area contributed by atoms with Crippen molar-refractivity contribution in [1.29, 1.82) is 0 Å². The Balaban J connectivity index is 1.24. The van der Waals surface area contributed by atoms with Crippen molar-refractivity contribution in [3.05, 3.63) is 47.6 Å². The van der Waals surface area contributed by atoms with E-state index in [0.717, 1.165) is 63.7 Å². The van der Waals surface area contributed by atoms with Gasteiger partial charge in [-0.1, -0.05) is 37.1 Å². The summed E-state index contributed by atoms with van der Waals surface area (Å²) in [5.41, 5.74) is 2.41. The highest BCUT2D eigenvalue weighted by Gasteiger charge is 2.62. The molecule has 0 bridgehead atoms. The van der Waals surface area contributed by atoms with Crippen LogP contribution in [0.2, 0.25) is 0 Å². The number of rotatable bonds is 6. The zero-order chi connectivity index (χ0) is 28.1. The number of methoxy groups -OCH3 is 1. The molecule has 2 amide bonds. The van der Waals surface area contributed by atoms with Crippen LogP contribution in [0.4, 0.5) is 10.5 Å². The molecule has 3 saturated carbocycles. The molecular weight excluding hydrogens is 504 g/mol. The smallest absolute Gasteiger partial charge is 0.322 e. The molecule has 4 fully saturated rings. The molecule has 6 rings (SSSR count). The van der Waals surface area contributed by atoms with Crippen LogP contribution in [0.25, 0.3) is 0 Å². The van der Waals surface area contributed by atoms with Crippen molar-refractivity contribution in [1.82, 2.24) is 4.90 Å². The Kier molecular flexibility index (Phi) is 7.29. The number of carbonyl (C=O) groups excluding carboxylic acids is 1. The van der Waals surface area contributed by atoms with Crippen LogP contribution in [0.3, 0.4) is 0 Å². The number of benzene rings is 1. The summed E-state index contributed by atoms with van der Waals surface area (Å²) in [4.78, 5) is 15.5. The summed E-state index contributed by atoms with van der Waals surface area (Å²) in [5.74, 6) is 1.51. The van der Waals surface area contributed by atoms with Crippen LogP contribution in [0.5, 0.6) is 5.75 Å². The Labute approximate surface area is 238 Å². The van der Waals surface area contributed by atoms with Gasteiger partial charge in [0, 0.05) is 24.3 Å². The topological polar surface area (TPSA) is 91.3 Å². The average molecular weight is 551 g/mol. The van der Waals surface area contributed by atoms with Crippen LogP contribution in [0.15, 0.2) is 47.6 Å². The molecule has 1 aliphatic heterocycles. The highest BCUT2D eigenvalue weighted by Crippen LogP contribution is 2.66. The molecule has 4 aliphatic carbocycles. The van der Waals surface area contributed by atoms with E-state index in [0.29, 0.717) is 37.0 Å². The van der Waals surface area contributed by atoms with Crippen LogP contribution in [-0.2, 0) is 4.74 Å². The predicted molar refractivity (Wildman–Crippen MR) is 155 cm³/mol. The highest BCUT2D eigenvalue weighted by molar-refractivity contribution is 5.89. The van der Waals surface area contributed by atoms with E-state index >= 15 is 0 Å². The minimum absolute atomic E-state index is 0.00262. The second kappa shape index (κ2) is 10.5. The lowest BCUT2D eigenvalue weighted by atomic mass is 9.50. The van der Waals surface area contributed by atoms with Gasteiger partial charge in [-0.05, 0) is 99.3 Å². The third-order valence-electron chi connectivity index (χ3n) is 11.4. The normalized spacial score (nSPS) is 38.4. The number of amides is 2. The van der Waals surface area contributed by atoms with Crippen LogP contribution < -0.4 is 10.1 Å². The van der Waals surface area contributed by atoms with Crippen molar-refractivity contribution in [2.24, 2.45) is 22.7 Å². The molecule has 218 valence electrons. The molecule has 7 nitrogen and oxygen atoms in total. The van der Waals surface area contributed by atoms with Gasteiger partial charge in [-0.2, -0.15) is 0 Å². The van der Waals surface area contributed by atoms with Gasteiger partial charge in [-0.25, -0.2) is 4.79 Å². The summed E-state index contributed by atoms with van der Waals surface area (Å²) in [6.07, 6.45) is 12.6. The van der Waals surface area contributed by atoms with Gasteiger partial charge in [0.1, 0.15) is 5.75 Å². The molecule has 7 atom stereocenters. The number of nitrogens with one attached hydrogen (secondary N) is 1. The van der Waals surface area contributed by atoms with E-state index < -0.39 is 5.60 Å². The summed E-state index contributed by atoms with van der Waals surface area (Å²) < 4.78 is 11.2. The molecule has 7 heteroatoms. The van der Waals surface area contributed by atoms with E-state index in [-0.39, 0.29) is 29.1 Å². The number of hydrogen-bond acceptors (Lipinski definition) is 5. The van der Waals surface area contributed by atoms with E-state index in [9.17, 15) is 15.0 Å². The highest BCUT2D eigenvalue weighted by atomic mass is 16.5. The summed E-state index contributed by atoms with van der Waals surface area (Å²) in [6.45, 7) is 6.16. The predicted octanol–water partition coefficient (Wildman–Crippen LogP) is 5.68. The van der Waals surface area contributed by atoms with Crippen molar-refractivity contribution in [3.8, 4) is 5.75 Å². The number of aliphatic hydroxyl groups excluding tert-OH is 1. The molecule has 0 spiro atoms. The number of allylic oxidation sites excluding steroid dienone is 3. The average Bonchev–Trinajstić information content (AvgIpc) is 3.55. The van der Waals surface area contributed by atoms with Gasteiger partial charge >= 0.3 is 6.03 Å². The van der Waals surface area contributed by atoms with Crippen LogP contribution in [-0.4, -0.2) is 65.8 Å². The lowest BCUT2D eigenvalue weighted by Gasteiger charge is -2.56. The quantitative estimate of drug-likeness (QED) is 0.424. The van der Waals surface area contributed by atoms with Crippen LogP contribution in [0.1, 0.15) is 71.6 Å². The van der Waals surface area contributed by atoms with Crippen LogP contribution in [0, 0.1) is 22.7 Å². The molecule has 1 aromatic rings. The third-order valence-corrected chi connectivity index (χ3v) is 11.4. The van der Waals surface area contributed by atoms with E-state index in [1.807, 2.05) is 24.3 Å². The second-order valence-corrected chi connectivity index (χ2v) is 13.5. The molecule has 0 radical (unpaired) electrons. The minimum Gasteiger partial charge on any atom is -0.497 e. The Hall–Kier alpha value is -2.35. The maximum absolute atomic E-state index is 13.7. The number of anilines is 1. The second-order valence-electron chi connectivity index (χ2n) is 13.5. The molecule has 1 heterocycles. The van der Waals surface area contributed by atoms with Gasteiger partial charge in [-0.15, -0.1) is 0 Å². The number of fused-ring (bicyclic) bond motifs is 5. The minimum atomic E-state index is -0.979. The number of urea groups is 1. The first-order valence-corrected chi connectivity index (χ1v) is 15.3. The van der Waals surface area contributed by atoms with Crippen LogP contribution >= 0.6 is 0 Å². The first kappa shape index (κ1) is 27.8. The Morgan fingerprint density at radius 3 is 2.58 bits per heavy atom. The number of aliphatic hydroxyl groups is 2. The van der Waals surface area contributed by atoms with E-state index in [1.54, 1.807) is 12.0 Å². The van der Waals surface area contributed by atoms with Crippen molar-refractivity contribution >= 4 is 11.7 Å². The number of carbonyl (C=O) groups is 1. The van der Waals surface area contributed by atoms with E-state index in [1.165, 1.54) is 11.1 Å². The fourth-order valence-electron chi connectivity index (χ4n) is 8.80. The van der Waals surface area contributed by atoms with Crippen molar-refractivity contribution in [2.45, 2.75) is 89.4 Å². The Morgan fingerprint density at radius 2 is 1.85 bits per heavy atom.